The van der Waals surface area contributed by atoms with Gasteiger partial charge in [-0.25, -0.2) is 0 Å². The van der Waals surface area contributed by atoms with E-state index >= 15 is 0 Å². The van der Waals surface area contributed by atoms with Crippen LogP contribution in [-0.4, -0.2) is 49.4 Å². The summed E-state index contributed by atoms with van der Waals surface area (Å²) >= 11 is 13.1. The van der Waals surface area contributed by atoms with Crippen LogP contribution >= 0.6 is 23.8 Å². The highest BCUT2D eigenvalue weighted by Gasteiger charge is 2.43. The Bertz CT molecular complexity index is 1530. The van der Waals surface area contributed by atoms with Crippen LogP contribution in [0.1, 0.15) is 49.7 Å². The molecule has 2 N–H and O–H groups in total. The molecular weight excluding hydrogens is 558 g/mol. The van der Waals surface area contributed by atoms with Crippen LogP contribution < -0.4 is 25.2 Å². The van der Waals surface area contributed by atoms with Crippen molar-refractivity contribution in [3.63, 3.8) is 0 Å². The molecule has 2 atom stereocenters. The van der Waals surface area contributed by atoms with Gasteiger partial charge in [-0.2, -0.15) is 0 Å². The van der Waals surface area contributed by atoms with E-state index in [1.165, 1.54) is 12.7 Å². The minimum atomic E-state index is -0.334. The van der Waals surface area contributed by atoms with E-state index in [2.05, 4.69) is 60.5 Å². The second-order valence-corrected chi connectivity index (χ2v) is 11.6. The molecule has 0 spiro atoms. The van der Waals surface area contributed by atoms with Crippen molar-refractivity contribution in [1.82, 2.24) is 10.3 Å². The standard InChI is InChI=1S/C31H34ClN5O3S/c1-18-16-31(2,3)36(4)25-15-22(32)21(14-20(18)25)29-28(23-9-7-8-12-33-23)35-30(41)37(29)19-10-11-26(40-6)24(13-19)34-27(38)17-39-5/h7-16,28-29H,17H2,1-6H3,(H,34,38)(H,35,41)/t28-,29+/m1/s1. The van der Waals surface area contributed by atoms with Gasteiger partial charge in [-0.05, 0) is 86.6 Å². The number of allylic oxidation sites excluding steroid dienone is 1. The number of carbonyl (C=O) groups excluding carboxylic acids is 1. The predicted octanol–water partition coefficient (Wildman–Crippen LogP) is 6.14. The Hall–Kier alpha value is -3.66. The smallest absolute Gasteiger partial charge is 0.250 e. The highest BCUT2D eigenvalue weighted by molar-refractivity contribution is 7.80. The molecule has 3 aromatic rings. The molecule has 1 fully saturated rings. The number of nitrogens with zero attached hydrogens (tertiary/aromatic N) is 3. The van der Waals surface area contributed by atoms with E-state index in [1.54, 1.807) is 13.3 Å². The Morgan fingerprint density at radius 2 is 1.98 bits per heavy atom. The number of rotatable bonds is 7. The molecule has 1 amide bonds. The molecule has 0 saturated carbocycles. The largest absolute Gasteiger partial charge is 0.495 e. The molecule has 41 heavy (non-hydrogen) atoms. The highest BCUT2D eigenvalue weighted by atomic mass is 35.5. The number of carbonyl (C=O) groups is 1. The molecule has 2 aromatic carbocycles. The number of nitrogens with one attached hydrogen (secondary N) is 2. The fourth-order valence-electron chi connectivity index (χ4n) is 5.62. The van der Waals surface area contributed by atoms with E-state index in [4.69, 9.17) is 33.3 Å². The van der Waals surface area contributed by atoms with Crippen LogP contribution in [0.25, 0.3) is 5.57 Å². The predicted molar refractivity (Wildman–Crippen MR) is 169 cm³/mol. The summed E-state index contributed by atoms with van der Waals surface area (Å²) in [6, 6.07) is 15.0. The number of fused-ring (bicyclic) bond motifs is 1. The molecule has 0 bridgehead atoms. The van der Waals surface area contributed by atoms with Crippen molar-refractivity contribution in [2.24, 2.45) is 0 Å². The van der Waals surface area contributed by atoms with Crippen molar-refractivity contribution < 1.29 is 14.3 Å². The number of pyridine rings is 1. The lowest BCUT2D eigenvalue weighted by Gasteiger charge is -2.41. The third kappa shape index (κ3) is 5.37. The van der Waals surface area contributed by atoms with Gasteiger partial charge in [-0.15, -0.1) is 0 Å². The molecule has 0 radical (unpaired) electrons. The number of ether oxygens (including phenoxy) is 2. The summed E-state index contributed by atoms with van der Waals surface area (Å²) in [5, 5.41) is 7.52. The number of aromatic nitrogens is 1. The SMILES string of the molecule is COCC(=O)Nc1cc(N2C(=S)N[C@H](c3ccccn3)[C@@H]2c2cc3c(cc2Cl)N(C)C(C)(C)C=C3C)ccc1OC. The number of benzene rings is 2. The summed E-state index contributed by atoms with van der Waals surface area (Å²) in [5.41, 5.74) is 6.25. The van der Waals surface area contributed by atoms with E-state index < -0.39 is 0 Å². The number of hydrogen-bond donors (Lipinski definition) is 2. The van der Waals surface area contributed by atoms with Gasteiger partial charge in [0.1, 0.15) is 12.4 Å². The first-order valence-electron chi connectivity index (χ1n) is 13.3. The summed E-state index contributed by atoms with van der Waals surface area (Å²) in [4.78, 5) is 21.3. The fourth-order valence-corrected chi connectivity index (χ4v) is 6.24. The molecule has 3 heterocycles. The average molecular weight is 592 g/mol. The highest BCUT2D eigenvalue weighted by Crippen LogP contribution is 2.48. The average Bonchev–Trinajstić information content (AvgIpc) is 3.28. The second-order valence-electron chi connectivity index (χ2n) is 10.8. The van der Waals surface area contributed by atoms with Gasteiger partial charge < -0.3 is 29.9 Å². The quantitative estimate of drug-likeness (QED) is 0.317. The molecule has 10 heteroatoms. The fraction of sp³-hybridized carbons (Fsp3) is 0.323. The minimum absolute atomic E-state index is 0.0791. The van der Waals surface area contributed by atoms with Crippen molar-refractivity contribution >= 4 is 57.5 Å². The first kappa shape index (κ1) is 28.9. The zero-order valence-electron chi connectivity index (χ0n) is 24.0. The van der Waals surface area contributed by atoms with Gasteiger partial charge in [0, 0.05) is 42.3 Å². The zero-order valence-corrected chi connectivity index (χ0v) is 25.6. The van der Waals surface area contributed by atoms with Crippen LogP contribution in [0.15, 0.2) is 60.8 Å². The lowest BCUT2D eigenvalue weighted by molar-refractivity contribution is -0.119. The Morgan fingerprint density at radius 1 is 1.20 bits per heavy atom. The lowest BCUT2D eigenvalue weighted by Crippen LogP contribution is -2.42. The third-order valence-electron chi connectivity index (χ3n) is 7.76. The molecule has 2 aliphatic heterocycles. The molecule has 1 aromatic heterocycles. The molecule has 214 valence electrons. The summed E-state index contributed by atoms with van der Waals surface area (Å²) in [5.74, 6) is 0.229. The van der Waals surface area contributed by atoms with Gasteiger partial charge in [0.2, 0.25) is 5.91 Å². The van der Waals surface area contributed by atoms with Crippen molar-refractivity contribution in [3.8, 4) is 5.75 Å². The third-order valence-corrected chi connectivity index (χ3v) is 8.40. The summed E-state index contributed by atoms with van der Waals surface area (Å²) < 4.78 is 10.5. The molecule has 8 nitrogen and oxygen atoms in total. The van der Waals surface area contributed by atoms with Crippen LogP contribution in [0.3, 0.4) is 0 Å². The zero-order chi connectivity index (χ0) is 29.5. The summed E-state index contributed by atoms with van der Waals surface area (Å²) in [6.07, 6.45) is 4.05. The normalized spacial score (nSPS) is 19.4. The van der Waals surface area contributed by atoms with Crippen molar-refractivity contribution in [1.29, 1.82) is 0 Å². The maximum atomic E-state index is 12.4. The molecule has 0 aliphatic carbocycles. The number of halogens is 1. The maximum absolute atomic E-state index is 12.4. The Labute approximate surface area is 251 Å². The molecule has 5 rings (SSSR count). The van der Waals surface area contributed by atoms with Gasteiger partial charge in [0.25, 0.3) is 0 Å². The Balaban J connectivity index is 1.67. The number of anilines is 3. The van der Waals surface area contributed by atoms with Crippen molar-refractivity contribution in [2.45, 2.75) is 38.4 Å². The monoisotopic (exact) mass is 591 g/mol. The molecular formula is C31H34ClN5O3S. The van der Waals surface area contributed by atoms with Gasteiger partial charge in [-0.1, -0.05) is 23.7 Å². The van der Waals surface area contributed by atoms with Gasteiger partial charge >= 0.3 is 0 Å². The number of thiocarbonyl (C=S) groups is 1. The van der Waals surface area contributed by atoms with E-state index in [9.17, 15) is 4.79 Å². The van der Waals surface area contributed by atoms with Gasteiger partial charge in [0.05, 0.1) is 36.1 Å². The number of hydrogen-bond acceptors (Lipinski definition) is 6. The van der Waals surface area contributed by atoms with Crippen molar-refractivity contribution in [3.05, 3.63) is 82.6 Å². The Kier molecular flexibility index (Phi) is 7.96. The molecule has 1 saturated heterocycles. The van der Waals surface area contributed by atoms with Crippen LogP contribution in [0.5, 0.6) is 5.75 Å². The summed E-state index contributed by atoms with van der Waals surface area (Å²) in [7, 11) is 5.12. The van der Waals surface area contributed by atoms with E-state index in [0.29, 0.717) is 21.6 Å². The van der Waals surface area contributed by atoms with E-state index in [-0.39, 0.29) is 30.1 Å². The van der Waals surface area contributed by atoms with Gasteiger partial charge in [-0.3, -0.25) is 9.78 Å². The number of amides is 1. The van der Waals surface area contributed by atoms with Crippen LogP contribution in [0, 0.1) is 0 Å². The van der Waals surface area contributed by atoms with Gasteiger partial charge in [0.15, 0.2) is 5.11 Å². The second kappa shape index (κ2) is 11.3. The van der Waals surface area contributed by atoms with Crippen molar-refractivity contribution in [2.75, 3.05) is 43.0 Å². The van der Waals surface area contributed by atoms with Crippen LogP contribution in [0.4, 0.5) is 17.1 Å². The topological polar surface area (TPSA) is 79.0 Å². The van der Waals surface area contributed by atoms with E-state index in [0.717, 1.165) is 28.2 Å². The first-order chi connectivity index (χ1) is 19.6. The number of methoxy groups -OCH3 is 2. The minimum Gasteiger partial charge on any atom is -0.495 e. The Morgan fingerprint density at radius 3 is 2.66 bits per heavy atom. The first-order valence-corrected chi connectivity index (χ1v) is 14.1. The van der Waals surface area contributed by atoms with E-state index in [1.807, 2.05) is 47.4 Å². The summed E-state index contributed by atoms with van der Waals surface area (Å²) in [6.45, 7) is 6.43. The maximum Gasteiger partial charge on any atom is 0.250 e. The molecule has 2 aliphatic rings. The molecule has 0 unspecified atom stereocenters. The number of likely N-dealkylation sites (N-methyl/N-ethyl adjacent to an activating group) is 1. The van der Waals surface area contributed by atoms with Crippen LogP contribution in [0.2, 0.25) is 5.02 Å². The lowest BCUT2D eigenvalue weighted by atomic mass is 9.86. The van der Waals surface area contributed by atoms with Crippen LogP contribution in [-0.2, 0) is 9.53 Å².